The molecule has 3 heterocycles. The molecule has 1 aliphatic carbocycles. The van der Waals surface area contributed by atoms with Gasteiger partial charge in [0.05, 0.1) is 18.7 Å². The average molecular weight is 399 g/mol. The van der Waals surface area contributed by atoms with Crippen LogP contribution in [0.3, 0.4) is 0 Å². The number of halogens is 2. The highest BCUT2D eigenvalue weighted by Gasteiger charge is 2.61. The van der Waals surface area contributed by atoms with Gasteiger partial charge in [0.2, 0.25) is 5.91 Å². The van der Waals surface area contributed by atoms with Crippen LogP contribution < -0.4 is 5.32 Å². The molecule has 1 aliphatic rings. The van der Waals surface area contributed by atoms with Crippen LogP contribution in [0.2, 0.25) is 0 Å². The molecule has 4 rings (SSSR count). The van der Waals surface area contributed by atoms with Gasteiger partial charge in [-0.3, -0.25) is 14.8 Å². The Labute approximate surface area is 167 Å². The van der Waals surface area contributed by atoms with E-state index in [1.807, 2.05) is 13.0 Å². The van der Waals surface area contributed by atoms with Gasteiger partial charge < -0.3 is 10.4 Å². The van der Waals surface area contributed by atoms with E-state index in [9.17, 15) is 18.7 Å². The Morgan fingerprint density at radius 3 is 2.72 bits per heavy atom. The van der Waals surface area contributed by atoms with Crippen LogP contribution in [0.4, 0.5) is 14.6 Å². The quantitative estimate of drug-likeness (QED) is 0.676. The summed E-state index contributed by atoms with van der Waals surface area (Å²) in [4.78, 5) is 24.6. The zero-order valence-electron chi connectivity index (χ0n) is 16.9. The van der Waals surface area contributed by atoms with Crippen molar-refractivity contribution in [3.05, 3.63) is 48.0 Å². The van der Waals surface area contributed by atoms with Crippen LogP contribution in [0.5, 0.6) is 0 Å². The Balaban J connectivity index is 1.59. The molecule has 29 heavy (non-hydrogen) atoms. The number of hydrogen-bond donors (Lipinski definition) is 2. The molecule has 0 spiro atoms. The predicted octanol–water partition coefficient (Wildman–Crippen LogP) is 4.04. The van der Waals surface area contributed by atoms with Gasteiger partial charge in [0.15, 0.2) is 0 Å². The summed E-state index contributed by atoms with van der Waals surface area (Å²) >= 11 is 0. The summed E-state index contributed by atoms with van der Waals surface area (Å²) in [5.74, 6) is -4.79. The fourth-order valence-corrected chi connectivity index (χ4v) is 3.15. The van der Waals surface area contributed by atoms with Crippen molar-refractivity contribution in [2.45, 2.75) is 38.7 Å². The molecule has 0 saturated heterocycles. The molecule has 0 aromatic carbocycles. The number of anilines is 1. The maximum absolute atomic E-state index is 13.0. The van der Waals surface area contributed by atoms with Crippen LogP contribution >= 0.6 is 0 Å². The summed E-state index contributed by atoms with van der Waals surface area (Å²) in [6, 6.07) is 5.07. The number of hydrogen-bond acceptors (Lipinski definition) is 5. The molecule has 0 bridgehead atoms. The first-order valence-corrected chi connectivity index (χ1v) is 9.25. The smallest absolute Gasteiger partial charge is 0.260 e. The normalized spacial score (nSPS) is 20.0. The first-order chi connectivity index (χ1) is 14.1. The predicted molar refractivity (Wildman–Crippen MR) is 104 cm³/mol. The van der Waals surface area contributed by atoms with E-state index in [-0.39, 0.29) is 17.9 Å². The summed E-state index contributed by atoms with van der Waals surface area (Å²) in [5, 5.41) is 13.2. The Bertz CT molecular complexity index is 1150. The molecule has 3 aromatic rings. The van der Waals surface area contributed by atoms with Gasteiger partial charge in [0, 0.05) is 47.6 Å². The van der Waals surface area contributed by atoms with Gasteiger partial charge in [0.25, 0.3) is 5.92 Å². The third-order valence-corrected chi connectivity index (χ3v) is 5.01. The molecule has 1 fully saturated rings. The van der Waals surface area contributed by atoms with Crippen LogP contribution in [-0.4, -0.2) is 31.9 Å². The highest BCUT2D eigenvalue weighted by Crippen LogP contribution is 2.49. The number of amides is 1. The van der Waals surface area contributed by atoms with E-state index in [1.165, 1.54) is 12.3 Å². The van der Waals surface area contributed by atoms with Gasteiger partial charge >= 0.3 is 0 Å². The van der Waals surface area contributed by atoms with Gasteiger partial charge in [-0.05, 0) is 31.0 Å². The van der Waals surface area contributed by atoms with Gasteiger partial charge in [-0.1, -0.05) is 6.92 Å². The zero-order valence-corrected chi connectivity index (χ0v) is 15.9. The van der Waals surface area contributed by atoms with E-state index >= 15 is 0 Å². The monoisotopic (exact) mass is 399 g/mol. The van der Waals surface area contributed by atoms with E-state index in [2.05, 4.69) is 20.3 Å². The molecule has 3 aromatic heterocycles. The lowest BCUT2D eigenvalue weighted by molar-refractivity contribution is -0.119. The number of nitrogens with zero attached hydrogens (tertiary/aromatic N) is 3. The number of nitrogens with one attached hydrogen (secondary N) is 1. The fraction of sp³-hybridized carbons (Fsp3) is 0.333. The molecule has 6 nitrogen and oxygen atoms in total. The Morgan fingerprint density at radius 1 is 1.31 bits per heavy atom. The summed E-state index contributed by atoms with van der Waals surface area (Å²) in [6.07, 6.45) is 2.80. The van der Waals surface area contributed by atoms with Crippen molar-refractivity contribution >= 4 is 22.6 Å². The standard InChI is InChI=1S/C21H20F2N4O2/c1-3-18(28)17-4-11(2)14(10-25-17)12-5-13-9-26-19(6-16(13)24-8-12)27-20(29)15-7-21(15,22)23/h4-6,8-10,15,18,28H,3,7H2,1-2H3,(H,26,27,29)/t15-,18?/m1/s1/i18D. The zero-order chi connectivity index (χ0) is 21.7. The lowest BCUT2D eigenvalue weighted by Gasteiger charge is -2.12. The third kappa shape index (κ3) is 3.80. The number of carbonyl (C=O) groups excluding carboxylic acids is 1. The maximum atomic E-state index is 13.0. The second-order valence-electron chi connectivity index (χ2n) is 7.18. The third-order valence-electron chi connectivity index (χ3n) is 5.01. The van der Waals surface area contributed by atoms with Crippen molar-refractivity contribution in [2.24, 2.45) is 5.92 Å². The Hall–Kier alpha value is -3.00. The molecule has 2 N–H and O–H groups in total. The number of alkyl halides is 2. The molecule has 1 unspecified atom stereocenters. The van der Waals surface area contributed by atoms with Crippen LogP contribution in [0, 0.1) is 12.8 Å². The van der Waals surface area contributed by atoms with E-state index < -0.39 is 30.2 Å². The maximum Gasteiger partial charge on any atom is 0.260 e. The van der Waals surface area contributed by atoms with Crippen LogP contribution in [-0.2, 0) is 4.79 Å². The molecule has 150 valence electrons. The molecule has 1 amide bonds. The molecule has 8 heteroatoms. The largest absolute Gasteiger partial charge is 0.387 e. The van der Waals surface area contributed by atoms with Gasteiger partial charge in [-0.15, -0.1) is 0 Å². The van der Waals surface area contributed by atoms with E-state index in [1.54, 1.807) is 25.4 Å². The summed E-state index contributed by atoms with van der Waals surface area (Å²) in [7, 11) is 0. The van der Waals surface area contributed by atoms with E-state index in [0.29, 0.717) is 10.9 Å². The minimum atomic E-state index is -2.93. The molecule has 1 saturated carbocycles. The van der Waals surface area contributed by atoms with Crippen molar-refractivity contribution < 1.29 is 20.1 Å². The van der Waals surface area contributed by atoms with Crippen molar-refractivity contribution in [1.29, 1.82) is 0 Å². The molecule has 2 atom stereocenters. The van der Waals surface area contributed by atoms with Crippen molar-refractivity contribution in [3.8, 4) is 11.1 Å². The SMILES string of the molecule is [2H]C(O)(CC)c1cc(C)c(-c2cnc3cc(NC(=O)[C@H]4CC4(F)F)ncc3c2)cn1. The minimum absolute atomic E-state index is 0.173. The van der Waals surface area contributed by atoms with Crippen LogP contribution in [0.25, 0.3) is 22.0 Å². The van der Waals surface area contributed by atoms with Crippen molar-refractivity contribution in [2.75, 3.05) is 5.32 Å². The number of carbonyl (C=O) groups is 1. The summed E-state index contributed by atoms with van der Waals surface area (Å²) in [6.45, 7) is 3.58. The van der Waals surface area contributed by atoms with Crippen molar-refractivity contribution in [1.82, 2.24) is 15.0 Å². The molecular weight excluding hydrogens is 378 g/mol. The first kappa shape index (κ1) is 18.1. The number of aromatic nitrogens is 3. The number of rotatable bonds is 5. The van der Waals surface area contributed by atoms with Gasteiger partial charge in [-0.2, -0.15) is 0 Å². The summed E-state index contributed by atoms with van der Waals surface area (Å²) in [5.41, 5.74) is 3.25. The fourth-order valence-electron chi connectivity index (χ4n) is 3.15. The highest BCUT2D eigenvalue weighted by atomic mass is 19.3. The average Bonchev–Trinajstić information content (AvgIpc) is 3.36. The highest BCUT2D eigenvalue weighted by molar-refractivity contribution is 5.96. The molecule has 0 radical (unpaired) electrons. The van der Waals surface area contributed by atoms with Gasteiger partial charge in [-0.25, -0.2) is 13.8 Å². The second-order valence-corrected chi connectivity index (χ2v) is 7.18. The van der Waals surface area contributed by atoms with Crippen LogP contribution in [0.1, 0.15) is 38.5 Å². The second kappa shape index (κ2) is 7.11. The Kier molecular flexibility index (Phi) is 4.43. The van der Waals surface area contributed by atoms with Crippen LogP contribution in [0.15, 0.2) is 36.8 Å². The van der Waals surface area contributed by atoms with Gasteiger partial charge in [0.1, 0.15) is 11.7 Å². The topological polar surface area (TPSA) is 88.0 Å². The number of aryl methyl sites for hydroxylation is 1. The van der Waals surface area contributed by atoms with E-state index in [0.717, 1.165) is 16.7 Å². The number of fused-ring (bicyclic) bond motifs is 1. The minimum Gasteiger partial charge on any atom is -0.387 e. The number of aliphatic hydroxyl groups is 1. The number of pyridine rings is 3. The van der Waals surface area contributed by atoms with Crippen molar-refractivity contribution in [3.63, 3.8) is 0 Å². The lowest BCUT2D eigenvalue weighted by atomic mass is 10.0. The van der Waals surface area contributed by atoms with E-state index in [4.69, 9.17) is 1.37 Å². The summed E-state index contributed by atoms with van der Waals surface area (Å²) < 4.78 is 34.0. The first-order valence-electron chi connectivity index (χ1n) is 9.75. The lowest BCUT2D eigenvalue weighted by Crippen LogP contribution is -2.18. The Morgan fingerprint density at radius 2 is 2.07 bits per heavy atom. The molecular formula is C21H20F2N4O2. The molecule has 0 aliphatic heterocycles.